The van der Waals surface area contributed by atoms with Crippen molar-refractivity contribution in [2.45, 2.75) is 51.4 Å². The van der Waals surface area contributed by atoms with E-state index in [9.17, 15) is 14.7 Å². The number of carbonyl (C=O) groups is 2. The molecule has 0 unspecified atom stereocenters. The minimum atomic E-state index is -0.771. The number of amides is 2. The summed E-state index contributed by atoms with van der Waals surface area (Å²) in [6.07, 6.45) is 2.63. The van der Waals surface area contributed by atoms with Crippen LogP contribution in [-0.2, 0) is 9.53 Å². The zero-order valence-corrected chi connectivity index (χ0v) is 13.0. The lowest BCUT2D eigenvalue weighted by molar-refractivity contribution is -0.127. The van der Waals surface area contributed by atoms with E-state index in [-0.39, 0.29) is 0 Å². The number of ether oxygens (including phenoxy) is 1. The molecule has 1 aliphatic rings. The Kier molecular flexibility index (Phi) is 5.55. The number of carbonyl (C=O) groups excluding carboxylic acids is 2. The Bertz CT molecular complexity index is 375. The molecule has 0 spiro atoms. The fourth-order valence-electron chi connectivity index (χ4n) is 1.77. The number of halogens is 1. The Morgan fingerprint density at radius 1 is 1.58 bits per heavy atom. The van der Waals surface area contributed by atoms with Crippen LogP contribution < -0.4 is 0 Å². The molecule has 0 aromatic carbocycles. The number of imide groups is 1. The van der Waals surface area contributed by atoms with Crippen molar-refractivity contribution < 1.29 is 19.4 Å². The minimum Gasteiger partial charge on any atom is -0.443 e. The molecule has 6 heteroatoms. The minimum absolute atomic E-state index is 0.447. The van der Waals surface area contributed by atoms with Crippen molar-refractivity contribution in [3.05, 3.63) is 12.2 Å². The topological polar surface area (TPSA) is 66.8 Å². The SMILES string of the molecule is CC(C)(C)OC(=O)N1C(=O)C=C[C@@H]1[C@@H](O)CCCBr. The van der Waals surface area contributed by atoms with Crippen LogP contribution in [0.5, 0.6) is 0 Å². The van der Waals surface area contributed by atoms with Gasteiger partial charge in [0.25, 0.3) is 5.91 Å². The van der Waals surface area contributed by atoms with E-state index >= 15 is 0 Å². The van der Waals surface area contributed by atoms with Crippen molar-refractivity contribution in [2.24, 2.45) is 0 Å². The van der Waals surface area contributed by atoms with Gasteiger partial charge in [0.15, 0.2) is 0 Å². The standard InChI is InChI=1S/C13H20BrNO4/c1-13(2,3)19-12(18)15-9(6-7-11(15)17)10(16)5-4-8-14/h6-7,9-10,16H,4-5,8H2,1-3H3/t9-,10+/m1/s1. The predicted molar refractivity (Wildman–Crippen MR) is 75.0 cm³/mol. The first-order valence-electron chi connectivity index (χ1n) is 6.24. The van der Waals surface area contributed by atoms with E-state index in [2.05, 4.69) is 15.9 Å². The molecule has 0 aromatic rings. The van der Waals surface area contributed by atoms with Gasteiger partial charge in [-0.1, -0.05) is 22.0 Å². The molecule has 0 radical (unpaired) electrons. The molecule has 0 aromatic heterocycles. The number of rotatable bonds is 4. The molecule has 0 saturated heterocycles. The Balaban J connectivity index is 2.73. The summed E-state index contributed by atoms with van der Waals surface area (Å²) in [5.41, 5.74) is -0.675. The number of hydrogen-bond acceptors (Lipinski definition) is 4. The van der Waals surface area contributed by atoms with E-state index in [0.29, 0.717) is 6.42 Å². The maximum absolute atomic E-state index is 12.0. The van der Waals surface area contributed by atoms with Gasteiger partial charge in [0.1, 0.15) is 5.60 Å². The van der Waals surface area contributed by atoms with Crippen LogP contribution in [0.1, 0.15) is 33.6 Å². The van der Waals surface area contributed by atoms with Gasteiger partial charge in [0.2, 0.25) is 0 Å². The van der Waals surface area contributed by atoms with Gasteiger partial charge in [0, 0.05) is 11.4 Å². The molecular formula is C13H20BrNO4. The Hall–Kier alpha value is -0.880. The highest BCUT2D eigenvalue weighted by Gasteiger charge is 2.38. The molecule has 1 heterocycles. The largest absolute Gasteiger partial charge is 0.443 e. The fraction of sp³-hybridized carbons (Fsp3) is 0.692. The van der Waals surface area contributed by atoms with Crippen LogP contribution in [0.4, 0.5) is 4.79 Å². The monoisotopic (exact) mass is 333 g/mol. The molecule has 1 N–H and O–H groups in total. The maximum atomic E-state index is 12.0. The Morgan fingerprint density at radius 2 is 2.21 bits per heavy atom. The molecule has 0 aliphatic carbocycles. The molecule has 2 atom stereocenters. The van der Waals surface area contributed by atoms with Gasteiger partial charge in [-0.05, 0) is 33.6 Å². The second-order valence-electron chi connectivity index (χ2n) is 5.44. The van der Waals surface area contributed by atoms with Gasteiger partial charge >= 0.3 is 6.09 Å². The summed E-state index contributed by atoms with van der Waals surface area (Å²) in [5, 5.41) is 10.8. The van der Waals surface area contributed by atoms with E-state index in [1.165, 1.54) is 6.08 Å². The van der Waals surface area contributed by atoms with Crippen LogP contribution in [0, 0.1) is 0 Å². The second kappa shape index (κ2) is 6.52. The maximum Gasteiger partial charge on any atom is 0.417 e. The predicted octanol–water partition coefficient (Wildman–Crippen LogP) is 2.22. The molecule has 1 rings (SSSR count). The number of hydrogen-bond donors (Lipinski definition) is 1. The van der Waals surface area contributed by atoms with Crippen LogP contribution in [0.25, 0.3) is 0 Å². The molecule has 108 valence electrons. The average Bonchev–Trinajstić information content (AvgIpc) is 2.65. The molecule has 0 fully saturated rings. The number of alkyl halides is 1. The molecule has 19 heavy (non-hydrogen) atoms. The van der Waals surface area contributed by atoms with Crippen LogP contribution in [0.3, 0.4) is 0 Å². The highest BCUT2D eigenvalue weighted by atomic mass is 79.9. The highest BCUT2D eigenvalue weighted by Crippen LogP contribution is 2.21. The van der Waals surface area contributed by atoms with Crippen LogP contribution in [0.2, 0.25) is 0 Å². The molecular weight excluding hydrogens is 314 g/mol. The summed E-state index contributed by atoms with van der Waals surface area (Å²) in [5.74, 6) is -0.447. The smallest absolute Gasteiger partial charge is 0.417 e. The van der Waals surface area contributed by atoms with Crippen LogP contribution in [0.15, 0.2) is 12.2 Å². The third-order valence-corrected chi connectivity index (χ3v) is 3.15. The summed E-state index contributed by atoms with van der Waals surface area (Å²) >= 11 is 3.28. The summed E-state index contributed by atoms with van der Waals surface area (Å²) < 4.78 is 5.18. The highest BCUT2D eigenvalue weighted by molar-refractivity contribution is 9.09. The van der Waals surface area contributed by atoms with Crippen molar-refractivity contribution in [2.75, 3.05) is 5.33 Å². The van der Waals surface area contributed by atoms with Gasteiger partial charge < -0.3 is 9.84 Å². The number of nitrogens with zero attached hydrogens (tertiary/aromatic N) is 1. The molecule has 0 saturated carbocycles. The lowest BCUT2D eigenvalue weighted by Gasteiger charge is -2.29. The lowest BCUT2D eigenvalue weighted by Crippen LogP contribution is -2.47. The van der Waals surface area contributed by atoms with Crippen molar-refractivity contribution in [1.82, 2.24) is 4.90 Å². The van der Waals surface area contributed by atoms with Gasteiger partial charge in [0.05, 0.1) is 12.1 Å². The molecule has 2 amide bonds. The van der Waals surface area contributed by atoms with E-state index in [0.717, 1.165) is 16.7 Å². The lowest BCUT2D eigenvalue weighted by atomic mass is 10.1. The van der Waals surface area contributed by atoms with Gasteiger partial charge in [-0.2, -0.15) is 0 Å². The zero-order chi connectivity index (χ0) is 14.6. The number of aliphatic hydroxyl groups excluding tert-OH is 1. The first-order chi connectivity index (χ1) is 8.76. The van der Waals surface area contributed by atoms with Gasteiger partial charge in [-0.25, -0.2) is 9.69 Å². The molecule has 0 bridgehead atoms. The molecule has 1 aliphatic heterocycles. The van der Waals surface area contributed by atoms with Crippen LogP contribution >= 0.6 is 15.9 Å². The summed E-state index contributed by atoms with van der Waals surface area (Å²) in [6, 6.07) is -0.638. The zero-order valence-electron chi connectivity index (χ0n) is 11.4. The summed E-state index contributed by atoms with van der Waals surface area (Å²) in [4.78, 5) is 24.7. The first kappa shape index (κ1) is 16.2. The van der Waals surface area contributed by atoms with Crippen molar-refractivity contribution in [3.8, 4) is 0 Å². The van der Waals surface area contributed by atoms with E-state index in [1.54, 1.807) is 26.8 Å². The quantitative estimate of drug-likeness (QED) is 0.801. The van der Waals surface area contributed by atoms with Crippen molar-refractivity contribution in [3.63, 3.8) is 0 Å². The van der Waals surface area contributed by atoms with E-state index in [1.807, 2.05) is 0 Å². The Labute approximate surface area is 121 Å². The third-order valence-electron chi connectivity index (χ3n) is 2.59. The van der Waals surface area contributed by atoms with Crippen LogP contribution in [-0.4, -0.2) is 45.1 Å². The van der Waals surface area contributed by atoms with Crippen molar-refractivity contribution >= 4 is 27.9 Å². The average molecular weight is 334 g/mol. The van der Waals surface area contributed by atoms with Gasteiger partial charge in [-0.15, -0.1) is 0 Å². The van der Waals surface area contributed by atoms with Crippen molar-refractivity contribution in [1.29, 1.82) is 0 Å². The Morgan fingerprint density at radius 3 is 2.74 bits per heavy atom. The van der Waals surface area contributed by atoms with Gasteiger partial charge in [-0.3, -0.25) is 4.79 Å². The van der Waals surface area contributed by atoms with E-state index in [4.69, 9.17) is 4.74 Å². The number of aliphatic hydroxyl groups is 1. The molecule has 5 nitrogen and oxygen atoms in total. The first-order valence-corrected chi connectivity index (χ1v) is 7.37. The van der Waals surface area contributed by atoms with E-state index < -0.39 is 29.7 Å². The fourth-order valence-corrected chi connectivity index (χ4v) is 2.10. The normalized spacial score (nSPS) is 20.8. The third kappa shape index (κ3) is 4.62. The second-order valence-corrected chi connectivity index (χ2v) is 6.23. The summed E-state index contributed by atoms with van der Waals surface area (Å²) in [6.45, 7) is 5.19. The summed E-state index contributed by atoms with van der Waals surface area (Å²) in [7, 11) is 0.